The summed E-state index contributed by atoms with van der Waals surface area (Å²) in [7, 11) is 1.62. The van der Waals surface area contributed by atoms with E-state index in [0.29, 0.717) is 18.7 Å². The number of hydrogen-bond donors (Lipinski definition) is 0. The van der Waals surface area contributed by atoms with Crippen LogP contribution in [0.15, 0.2) is 35.1 Å². The van der Waals surface area contributed by atoms with Crippen molar-refractivity contribution in [2.45, 2.75) is 13.5 Å². The summed E-state index contributed by atoms with van der Waals surface area (Å²) < 4.78 is 12.8. The van der Waals surface area contributed by atoms with Gasteiger partial charge in [0.25, 0.3) is 0 Å². The second-order valence-corrected chi connectivity index (χ2v) is 4.96. The summed E-state index contributed by atoms with van der Waals surface area (Å²) in [5.41, 5.74) is 1.47. The summed E-state index contributed by atoms with van der Waals surface area (Å²) in [6, 6.07) is 5.72. The van der Waals surface area contributed by atoms with Gasteiger partial charge in [0.2, 0.25) is 0 Å². The molecule has 0 unspecified atom stereocenters. The Balaban J connectivity index is 2.16. The number of methoxy groups -OCH3 is 1. The van der Waals surface area contributed by atoms with E-state index in [9.17, 15) is 4.79 Å². The molecule has 0 aliphatic heterocycles. The van der Waals surface area contributed by atoms with Gasteiger partial charge in [0.05, 0.1) is 32.0 Å². The molecule has 20 heavy (non-hydrogen) atoms. The van der Waals surface area contributed by atoms with Gasteiger partial charge in [-0.15, -0.1) is 0 Å². The molecule has 0 N–H and O–H groups in total. The second kappa shape index (κ2) is 6.56. The number of rotatable bonds is 5. The molecule has 0 bridgehead atoms. The fourth-order valence-corrected chi connectivity index (χ4v) is 2.12. The number of aromatic nitrogens is 2. The van der Waals surface area contributed by atoms with E-state index in [-0.39, 0.29) is 5.97 Å². The van der Waals surface area contributed by atoms with Crippen LogP contribution in [0.5, 0.6) is 5.75 Å². The quantitative estimate of drug-likeness (QED) is 0.786. The topological polar surface area (TPSA) is 53.3 Å². The van der Waals surface area contributed by atoms with Gasteiger partial charge in [-0.1, -0.05) is 15.9 Å². The predicted octanol–water partition coefficient (Wildman–Crippen LogP) is 2.88. The van der Waals surface area contributed by atoms with Crippen molar-refractivity contribution >= 4 is 21.9 Å². The van der Waals surface area contributed by atoms with Crippen molar-refractivity contribution < 1.29 is 14.3 Å². The van der Waals surface area contributed by atoms with Gasteiger partial charge < -0.3 is 9.47 Å². The van der Waals surface area contributed by atoms with Gasteiger partial charge in [0.15, 0.2) is 0 Å². The number of nitrogens with zero attached hydrogens (tertiary/aromatic N) is 2. The van der Waals surface area contributed by atoms with Crippen LogP contribution in [0.1, 0.15) is 22.8 Å². The minimum Gasteiger partial charge on any atom is -0.497 e. The van der Waals surface area contributed by atoms with Crippen molar-refractivity contribution in [2.24, 2.45) is 0 Å². The molecule has 0 spiro atoms. The maximum Gasteiger partial charge on any atom is 0.341 e. The lowest BCUT2D eigenvalue weighted by Crippen LogP contribution is -2.04. The molecule has 0 amide bonds. The monoisotopic (exact) mass is 338 g/mol. The number of esters is 1. The lowest BCUT2D eigenvalue weighted by Gasteiger charge is -2.07. The highest BCUT2D eigenvalue weighted by atomic mass is 79.9. The number of carbonyl (C=O) groups excluding carboxylic acids is 1. The molecule has 2 rings (SSSR count). The summed E-state index contributed by atoms with van der Waals surface area (Å²) in [4.78, 5) is 11.6. The molecule has 0 aliphatic rings. The first-order valence-corrected chi connectivity index (χ1v) is 6.95. The number of hydrogen-bond acceptors (Lipinski definition) is 4. The second-order valence-electron chi connectivity index (χ2n) is 4.10. The van der Waals surface area contributed by atoms with Crippen LogP contribution in [0, 0.1) is 0 Å². The zero-order chi connectivity index (χ0) is 14.5. The van der Waals surface area contributed by atoms with Crippen LogP contribution >= 0.6 is 15.9 Å². The molecule has 6 heteroatoms. The van der Waals surface area contributed by atoms with Crippen LogP contribution in [0.4, 0.5) is 0 Å². The molecule has 0 fully saturated rings. The van der Waals surface area contributed by atoms with E-state index in [1.165, 1.54) is 6.20 Å². The van der Waals surface area contributed by atoms with Gasteiger partial charge >= 0.3 is 5.97 Å². The zero-order valence-corrected chi connectivity index (χ0v) is 12.9. The summed E-state index contributed by atoms with van der Waals surface area (Å²) in [5.74, 6) is 0.421. The molecule has 106 valence electrons. The van der Waals surface area contributed by atoms with E-state index < -0.39 is 0 Å². The van der Waals surface area contributed by atoms with E-state index in [1.54, 1.807) is 24.9 Å². The molecule has 2 aromatic rings. The molecule has 1 aromatic carbocycles. The number of ether oxygens (including phenoxy) is 2. The van der Waals surface area contributed by atoms with Crippen molar-refractivity contribution in [3.05, 3.63) is 46.2 Å². The van der Waals surface area contributed by atoms with Crippen LogP contribution in [-0.4, -0.2) is 29.5 Å². The normalized spacial score (nSPS) is 10.3. The Morgan fingerprint density at radius 2 is 2.25 bits per heavy atom. The number of carbonyl (C=O) groups is 1. The molecule has 0 aliphatic carbocycles. The summed E-state index contributed by atoms with van der Waals surface area (Å²) in [6.07, 6.45) is 3.18. The summed E-state index contributed by atoms with van der Waals surface area (Å²) >= 11 is 3.49. The minimum atomic E-state index is -0.358. The van der Waals surface area contributed by atoms with Gasteiger partial charge in [-0.3, -0.25) is 4.68 Å². The molecule has 0 atom stereocenters. The van der Waals surface area contributed by atoms with E-state index >= 15 is 0 Å². The number of halogens is 1. The third-order valence-electron chi connectivity index (χ3n) is 2.73. The van der Waals surface area contributed by atoms with Crippen LogP contribution < -0.4 is 4.74 Å². The minimum absolute atomic E-state index is 0.353. The number of benzene rings is 1. The van der Waals surface area contributed by atoms with Crippen molar-refractivity contribution in [3.8, 4) is 5.75 Å². The van der Waals surface area contributed by atoms with E-state index in [0.717, 1.165) is 15.8 Å². The molecular formula is C14H15BrN2O3. The summed E-state index contributed by atoms with van der Waals surface area (Å²) in [6.45, 7) is 2.66. The van der Waals surface area contributed by atoms with Crippen LogP contribution in [0.25, 0.3) is 0 Å². The van der Waals surface area contributed by atoms with Gasteiger partial charge in [-0.05, 0) is 30.7 Å². The largest absolute Gasteiger partial charge is 0.497 e. The van der Waals surface area contributed by atoms with Crippen molar-refractivity contribution in [1.82, 2.24) is 9.78 Å². The fourth-order valence-electron chi connectivity index (χ4n) is 1.74. The average Bonchev–Trinajstić information content (AvgIpc) is 2.90. The average molecular weight is 339 g/mol. The third kappa shape index (κ3) is 3.39. The molecule has 0 saturated heterocycles. The standard InChI is InChI=1S/C14H15BrN2O3/c1-3-20-14(18)11-7-16-17(9-11)8-10-6-12(19-2)4-5-13(10)15/h4-7,9H,3,8H2,1-2H3. The Labute approximate surface area is 125 Å². The highest BCUT2D eigenvalue weighted by Gasteiger charge is 2.10. The first-order valence-electron chi connectivity index (χ1n) is 6.16. The van der Waals surface area contributed by atoms with Gasteiger partial charge in [-0.2, -0.15) is 5.10 Å². The van der Waals surface area contributed by atoms with Gasteiger partial charge in [0, 0.05) is 10.7 Å². The first-order chi connectivity index (χ1) is 9.63. The molecule has 0 radical (unpaired) electrons. The Bertz CT molecular complexity index is 610. The van der Waals surface area contributed by atoms with E-state index in [2.05, 4.69) is 21.0 Å². The lowest BCUT2D eigenvalue weighted by atomic mass is 10.2. The molecule has 1 heterocycles. The third-order valence-corrected chi connectivity index (χ3v) is 3.50. The van der Waals surface area contributed by atoms with Gasteiger partial charge in [-0.25, -0.2) is 4.79 Å². The Morgan fingerprint density at radius 3 is 2.95 bits per heavy atom. The van der Waals surface area contributed by atoms with Crippen molar-refractivity contribution in [2.75, 3.05) is 13.7 Å². The maximum absolute atomic E-state index is 11.6. The summed E-state index contributed by atoms with van der Waals surface area (Å²) in [5, 5.41) is 4.17. The Hall–Kier alpha value is -1.82. The van der Waals surface area contributed by atoms with Gasteiger partial charge in [0.1, 0.15) is 5.75 Å². The van der Waals surface area contributed by atoms with E-state index in [4.69, 9.17) is 9.47 Å². The molecular weight excluding hydrogens is 324 g/mol. The Morgan fingerprint density at radius 1 is 1.45 bits per heavy atom. The Kier molecular flexibility index (Phi) is 4.79. The van der Waals surface area contributed by atoms with Crippen LogP contribution in [-0.2, 0) is 11.3 Å². The predicted molar refractivity (Wildman–Crippen MR) is 78.0 cm³/mol. The van der Waals surface area contributed by atoms with Crippen LogP contribution in [0.2, 0.25) is 0 Å². The lowest BCUT2D eigenvalue weighted by molar-refractivity contribution is 0.0526. The van der Waals surface area contributed by atoms with Crippen LogP contribution in [0.3, 0.4) is 0 Å². The van der Waals surface area contributed by atoms with Crippen molar-refractivity contribution in [1.29, 1.82) is 0 Å². The SMILES string of the molecule is CCOC(=O)c1cnn(Cc2cc(OC)ccc2Br)c1. The highest BCUT2D eigenvalue weighted by Crippen LogP contribution is 2.23. The molecule has 0 saturated carbocycles. The van der Waals surface area contributed by atoms with Crippen molar-refractivity contribution in [3.63, 3.8) is 0 Å². The smallest absolute Gasteiger partial charge is 0.341 e. The fraction of sp³-hybridized carbons (Fsp3) is 0.286. The zero-order valence-electron chi connectivity index (χ0n) is 11.3. The van der Waals surface area contributed by atoms with E-state index in [1.807, 2.05) is 18.2 Å². The maximum atomic E-state index is 11.6. The first kappa shape index (κ1) is 14.6. The molecule has 1 aromatic heterocycles. The molecule has 5 nitrogen and oxygen atoms in total. The highest BCUT2D eigenvalue weighted by molar-refractivity contribution is 9.10.